The summed E-state index contributed by atoms with van der Waals surface area (Å²) < 4.78 is 2.18. The molecule has 0 aliphatic carbocycles. The molecule has 1 aromatic heterocycles. The Labute approximate surface area is 166 Å². The zero-order valence-corrected chi connectivity index (χ0v) is 16.6. The number of hydrogen-bond acceptors (Lipinski definition) is 3. The van der Waals surface area contributed by atoms with Crippen molar-refractivity contribution in [2.24, 2.45) is 7.05 Å². The van der Waals surface area contributed by atoms with Gasteiger partial charge in [-0.2, -0.15) is 0 Å². The molecule has 0 spiro atoms. The van der Waals surface area contributed by atoms with Crippen LogP contribution in [-0.2, 0) is 11.8 Å². The second-order valence-corrected chi connectivity index (χ2v) is 7.96. The Morgan fingerprint density at radius 2 is 1.93 bits per heavy atom. The number of aromatic nitrogens is 1. The van der Waals surface area contributed by atoms with E-state index in [1.54, 1.807) is 0 Å². The van der Waals surface area contributed by atoms with E-state index in [0.717, 1.165) is 56.3 Å². The summed E-state index contributed by atoms with van der Waals surface area (Å²) in [4.78, 5) is 19.6. The lowest BCUT2D eigenvalue weighted by Crippen LogP contribution is -2.51. The number of nitrogens with zero attached hydrogens (tertiary/aromatic N) is 4. The Balaban J connectivity index is 1.34. The molecule has 0 saturated carbocycles. The second-order valence-electron chi connectivity index (χ2n) is 7.52. The highest BCUT2D eigenvalue weighted by atomic mass is 35.5. The highest BCUT2D eigenvalue weighted by Gasteiger charge is 2.31. The second kappa shape index (κ2) is 7.95. The van der Waals surface area contributed by atoms with E-state index in [9.17, 15) is 4.79 Å². The fourth-order valence-corrected chi connectivity index (χ4v) is 4.52. The van der Waals surface area contributed by atoms with E-state index in [1.165, 1.54) is 5.69 Å². The van der Waals surface area contributed by atoms with Crippen molar-refractivity contribution in [2.45, 2.75) is 18.9 Å². The monoisotopic (exact) mass is 386 g/mol. The van der Waals surface area contributed by atoms with Crippen molar-refractivity contribution in [2.75, 3.05) is 44.2 Å². The minimum absolute atomic E-state index is 0.252. The average Bonchev–Trinajstić information content (AvgIpc) is 3.30. The average molecular weight is 387 g/mol. The number of benzene rings is 1. The van der Waals surface area contributed by atoms with Crippen molar-refractivity contribution in [1.29, 1.82) is 0 Å². The summed E-state index contributed by atoms with van der Waals surface area (Å²) in [6.45, 7) is 4.78. The molecule has 1 amide bonds. The van der Waals surface area contributed by atoms with Crippen LogP contribution in [0.4, 0.5) is 5.69 Å². The van der Waals surface area contributed by atoms with Crippen LogP contribution in [0.15, 0.2) is 42.6 Å². The molecule has 144 valence electrons. The van der Waals surface area contributed by atoms with Crippen LogP contribution in [0.1, 0.15) is 24.6 Å². The fraction of sp³-hybridized carbons (Fsp3) is 0.476. The molecule has 2 aromatic rings. The lowest BCUT2D eigenvalue weighted by Gasteiger charge is -2.37. The Hall–Kier alpha value is -1.98. The van der Waals surface area contributed by atoms with Gasteiger partial charge in [-0.15, -0.1) is 0 Å². The summed E-state index contributed by atoms with van der Waals surface area (Å²) in [6.07, 6.45) is 4.38. The van der Waals surface area contributed by atoms with Crippen LogP contribution in [0, 0.1) is 0 Å². The van der Waals surface area contributed by atoms with E-state index < -0.39 is 0 Å². The van der Waals surface area contributed by atoms with Crippen LogP contribution in [0.3, 0.4) is 0 Å². The van der Waals surface area contributed by atoms with E-state index in [0.29, 0.717) is 12.6 Å². The van der Waals surface area contributed by atoms with Crippen molar-refractivity contribution >= 4 is 23.2 Å². The molecule has 3 heterocycles. The van der Waals surface area contributed by atoms with Crippen molar-refractivity contribution in [3.63, 3.8) is 0 Å². The molecule has 0 radical (unpaired) electrons. The van der Waals surface area contributed by atoms with Gasteiger partial charge in [0.05, 0.1) is 12.6 Å². The summed E-state index contributed by atoms with van der Waals surface area (Å²) >= 11 is 6.11. The van der Waals surface area contributed by atoms with Gasteiger partial charge in [0, 0.05) is 55.8 Å². The normalized spacial score (nSPS) is 21.0. The largest absolute Gasteiger partial charge is 0.368 e. The lowest BCUT2D eigenvalue weighted by molar-refractivity contribution is -0.133. The molecular weight excluding hydrogens is 360 g/mol. The Morgan fingerprint density at radius 3 is 2.63 bits per heavy atom. The number of likely N-dealkylation sites (tertiary alicyclic amines) is 1. The first kappa shape index (κ1) is 18.4. The molecule has 4 rings (SSSR count). The lowest BCUT2D eigenvalue weighted by atomic mass is 10.1. The standard InChI is InChI=1S/C21H27ClN4O/c1-23-9-3-7-19(23)20-8-4-10-26(20)16-21(27)25-13-11-24(12-14-25)18-6-2-5-17(22)15-18/h2-3,5-7,9,15,20H,4,8,10-14,16H2,1H3/t20-/m1/s1. The maximum Gasteiger partial charge on any atom is 0.236 e. The molecule has 6 heteroatoms. The molecular formula is C21H27ClN4O. The third kappa shape index (κ3) is 3.99. The fourth-order valence-electron chi connectivity index (χ4n) is 4.33. The van der Waals surface area contributed by atoms with Crippen LogP contribution in [0.2, 0.25) is 5.02 Å². The first-order valence-electron chi connectivity index (χ1n) is 9.75. The molecule has 1 aromatic carbocycles. The number of hydrogen-bond donors (Lipinski definition) is 0. The Bertz CT molecular complexity index is 797. The Kier molecular flexibility index (Phi) is 5.41. The molecule has 2 saturated heterocycles. The quantitative estimate of drug-likeness (QED) is 0.808. The van der Waals surface area contributed by atoms with E-state index >= 15 is 0 Å². The smallest absolute Gasteiger partial charge is 0.236 e. The molecule has 2 aliphatic heterocycles. The van der Waals surface area contributed by atoms with E-state index in [2.05, 4.69) is 45.8 Å². The van der Waals surface area contributed by atoms with Crippen molar-refractivity contribution in [1.82, 2.24) is 14.4 Å². The molecule has 2 aliphatic rings. The van der Waals surface area contributed by atoms with Gasteiger partial charge in [-0.25, -0.2) is 0 Å². The molecule has 5 nitrogen and oxygen atoms in total. The van der Waals surface area contributed by atoms with Crippen LogP contribution in [0.5, 0.6) is 0 Å². The number of carbonyl (C=O) groups excluding carboxylic acids is 1. The maximum absolute atomic E-state index is 12.9. The first-order chi connectivity index (χ1) is 13.1. The summed E-state index contributed by atoms with van der Waals surface area (Å²) in [7, 11) is 2.09. The van der Waals surface area contributed by atoms with E-state index in [1.807, 2.05) is 23.1 Å². The van der Waals surface area contributed by atoms with Crippen LogP contribution < -0.4 is 4.90 Å². The van der Waals surface area contributed by atoms with Gasteiger partial charge in [-0.05, 0) is 49.7 Å². The number of piperazine rings is 1. The summed E-state index contributed by atoms with van der Waals surface area (Å²) in [5, 5.41) is 0.756. The van der Waals surface area contributed by atoms with Crippen LogP contribution >= 0.6 is 11.6 Å². The van der Waals surface area contributed by atoms with Gasteiger partial charge in [0.1, 0.15) is 0 Å². The van der Waals surface area contributed by atoms with Crippen molar-refractivity contribution in [3.05, 3.63) is 53.3 Å². The zero-order chi connectivity index (χ0) is 18.8. The first-order valence-corrected chi connectivity index (χ1v) is 10.1. The van der Waals surface area contributed by atoms with Gasteiger partial charge in [-0.1, -0.05) is 17.7 Å². The predicted octanol–water partition coefficient (Wildman–Crippen LogP) is 3.16. The van der Waals surface area contributed by atoms with Gasteiger partial charge in [0.15, 0.2) is 0 Å². The number of aryl methyl sites for hydroxylation is 1. The van der Waals surface area contributed by atoms with Gasteiger partial charge < -0.3 is 14.4 Å². The maximum atomic E-state index is 12.9. The topological polar surface area (TPSA) is 31.7 Å². The Morgan fingerprint density at radius 1 is 1.11 bits per heavy atom. The zero-order valence-electron chi connectivity index (χ0n) is 15.9. The number of anilines is 1. The molecule has 0 bridgehead atoms. The van der Waals surface area contributed by atoms with Gasteiger partial charge in [-0.3, -0.25) is 9.69 Å². The number of carbonyl (C=O) groups is 1. The summed E-state index contributed by atoms with van der Waals surface area (Å²) in [5.74, 6) is 0.252. The number of halogens is 1. The minimum atomic E-state index is 0.252. The van der Waals surface area contributed by atoms with Crippen LogP contribution in [-0.4, -0.2) is 59.5 Å². The summed E-state index contributed by atoms with van der Waals surface area (Å²) in [6, 6.07) is 12.6. The highest BCUT2D eigenvalue weighted by molar-refractivity contribution is 6.30. The van der Waals surface area contributed by atoms with Crippen molar-refractivity contribution < 1.29 is 4.79 Å². The molecule has 2 fully saturated rings. The molecule has 0 unspecified atom stereocenters. The van der Waals surface area contributed by atoms with Gasteiger partial charge >= 0.3 is 0 Å². The minimum Gasteiger partial charge on any atom is -0.368 e. The van der Waals surface area contributed by atoms with E-state index in [-0.39, 0.29) is 5.91 Å². The third-order valence-electron chi connectivity index (χ3n) is 5.83. The third-order valence-corrected chi connectivity index (χ3v) is 6.07. The molecule has 0 N–H and O–H groups in total. The van der Waals surface area contributed by atoms with E-state index in [4.69, 9.17) is 11.6 Å². The van der Waals surface area contributed by atoms with Gasteiger partial charge in [0.2, 0.25) is 5.91 Å². The number of rotatable bonds is 4. The predicted molar refractivity (Wildman–Crippen MR) is 109 cm³/mol. The van der Waals surface area contributed by atoms with Gasteiger partial charge in [0.25, 0.3) is 0 Å². The SMILES string of the molecule is Cn1cccc1[C@H]1CCCN1CC(=O)N1CCN(c2cccc(Cl)c2)CC1. The highest BCUT2D eigenvalue weighted by Crippen LogP contribution is 2.31. The summed E-state index contributed by atoms with van der Waals surface area (Å²) in [5.41, 5.74) is 2.45. The molecule has 1 atom stereocenters. The number of amides is 1. The van der Waals surface area contributed by atoms with Crippen LogP contribution in [0.25, 0.3) is 0 Å². The van der Waals surface area contributed by atoms with Crippen molar-refractivity contribution in [3.8, 4) is 0 Å². The molecule has 27 heavy (non-hydrogen) atoms.